The second kappa shape index (κ2) is 5.27. The van der Waals surface area contributed by atoms with E-state index in [9.17, 15) is 4.79 Å². The van der Waals surface area contributed by atoms with Gasteiger partial charge in [0.05, 0.1) is 18.6 Å². The summed E-state index contributed by atoms with van der Waals surface area (Å²) in [5, 5.41) is 3.24. The molecule has 4 nitrogen and oxygen atoms in total. The third-order valence-electron chi connectivity index (χ3n) is 3.46. The predicted molar refractivity (Wildman–Crippen MR) is 76.7 cm³/mol. The lowest BCUT2D eigenvalue weighted by atomic mass is 10.1. The normalized spacial score (nSPS) is 14.4. The second-order valence-corrected chi connectivity index (χ2v) is 6.00. The molecule has 0 saturated carbocycles. The van der Waals surface area contributed by atoms with Gasteiger partial charge in [0.1, 0.15) is 0 Å². The SMILES string of the molecule is CCc1ccc(Cn2cnc3c(c2=O)CCNC3)s1. The molecular weight excluding hydrogens is 258 g/mol. The Hall–Kier alpha value is -1.46. The maximum absolute atomic E-state index is 12.4. The number of aromatic nitrogens is 2. The van der Waals surface area contributed by atoms with Crippen LogP contribution in [-0.4, -0.2) is 16.1 Å². The van der Waals surface area contributed by atoms with E-state index in [1.54, 1.807) is 22.2 Å². The number of aryl methyl sites for hydroxylation is 1. The number of hydrogen-bond donors (Lipinski definition) is 1. The van der Waals surface area contributed by atoms with Crippen LogP contribution in [0.2, 0.25) is 0 Å². The van der Waals surface area contributed by atoms with Crippen LogP contribution < -0.4 is 10.9 Å². The summed E-state index contributed by atoms with van der Waals surface area (Å²) in [6.07, 6.45) is 3.51. The molecular formula is C14H17N3OS. The molecule has 0 atom stereocenters. The third-order valence-corrected chi connectivity index (χ3v) is 4.67. The van der Waals surface area contributed by atoms with Crippen LogP contribution in [-0.2, 0) is 25.9 Å². The molecule has 100 valence electrons. The molecule has 0 saturated heterocycles. The molecule has 0 radical (unpaired) electrons. The van der Waals surface area contributed by atoms with Gasteiger partial charge in [-0.15, -0.1) is 11.3 Å². The van der Waals surface area contributed by atoms with Gasteiger partial charge < -0.3 is 5.32 Å². The molecule has 5 heteroatoms. The Bertz CT molecular complexity index is 644. The summed E-state index contributed by atoms with van der Waals surface area (Å²) in [6, 6.07) is 4.25. The van der Waals surface area contributed by atoms with Gasteiger partial charge in [0.2, 0.25) is 0 Å². The maximum Gasteiger partial charge on any atom is 0.257 e. The van der Waals surface area contributed by atoms with Gasteiger partial charge in [0.25, 0.3) is 5.56 Å². The van der Waals surface area contributed by atoms with Crippen LogP contribution in [0, 0.1) is 0 Å². The van der Waals surface area contributed by atoms with Crippen LogP contribution in [0.15, 0.2) is 23.3 Å². The Morgan fingerprint density at radius 2 is 2.26 bits per heavy atom. The minimum atomic E-state index is 0.123. The highest BCUT2D eigenvalue weighted by molar-refractivity contribution is 7.11. The van der Waals surface area contributed by atoms with E-state index in [1.807, 2.05) is 0 Å². The minimum absolute atomic E-state index is 0.123. The fourth-order valence-corrected chi connectivity index (χ4v) is 3.33. The Kier molecular flexibility index (Phi) is 3.48. The average Bonchev–Trinajstić information content (AvgIpc) is 2.90. The molecule has 0 aromatic carbocycles. The van der Waals surface area contributed by atoms with E-state index >= 15 is 0 Å². The first kappa shape index (κ1) is 12.6. The molecule has 19 heavy (non-hydrogen) atoms. The van der Waals surface area contributed by atoms with Crippen molar-refractivity contribution in [3.63, 3.8) is 0 Å². The number of fused-ring (bicyclic) bond motifs is 1. The Morgan fingerprint density at radius 3 is 3.05 bits per heavy atom. The van der Waals surface area contributed by atoms with E-state index in [0.717, 1.165) is 30.6 Å². The average molecular weight is 275 g/mol. The molecule has 0 spiro atoms. The molecule has 2 aromatic rings. The molecule has 1 N–H and O–H groups in total. The van der Waals surface area contributed by atoms with Crippen LogP contribution in [0.4, 0.5) is 0 Å². The Morgan fingerprint density at radius 1 is 1.42 bits per heavy atom. The van der Waals surface area contributed by atoms with Crippen molar-refractivity contribution in [1.82, 2.24) is 14.9 Å². The van der Waals surface area contributed by atoms with Crippen LogP contribution in [0.1, 0.15) is 27.9 Å². The first-order valence-corrected chi connectivity index (χ1v) is 7.45. The largest absolute Gasteiger partial charge is 0.311 e. The number of nitrogens with zero attached hydrogens (tertiary/aromatic N) is 2. The van der Waals surface area contributed by atoms with Crippen LogP contribution in [0.3, 0.4) is 0 Å². The van der Waals surface area contributed by atoms with Crippen molar-refractivity contribution in [2.24, 2.45) is 0 Å². The monoisotopic (exact) mass is 275 g/mol. The van der Waals surface area contributed by atoms with Crippen molar-refractivity contribution in [2.45, 2.75) is 32.9 Å². The van der Waals surface area contributed by atoms with Crippen LogP contribution in [0.5, 0.6) is 0 Å². The van der Waals surface area contributed by atoms with Gasteiger partial charge in [-0.05, 0) is 31.5 Å². The summed E-state index contributed by atoms with van der Waals surface area (Å²) in [4.78, 5) is 19.4. The summed E-state index contributed by atoms with van der Waals surface area (Å²) in [6.45, 7) is 4.36. The van der Waals surface area contributed by atoms with Crippen LogP contribution >= 0.6 is 11.3 Å². The Balaban J connectivity index is 1.91. The molecule has 3 heterocycles. The van der Waals surface area contributed by atoms with Crippen molar-refractivity contribution in [3.8, 4) is 0 Å². The molecule has 2 aromatic heterocycles. The van der Waals surface area contributed by atoms with Gasteiger partial charge in [-0.3, -0.25) is 9.36 Å². The van der Waals surface area contributed by atoms with Crippen molar-refractivity contribution >= 4 is 11.3 Å². The number of thiophene rings is 1. The first-order valence-electron chi connectivity index (χ1n) is 6.63. The third kappa shape index (κ3) is 2.48. The first-order chi connectivity index (χ1) is 9.28. The highest BCUT2D eigenvalue weighted by Gasteiger charge is 2.15. The van der Waals surface area contributed by atoms with Gasteiger partial charge in [-0.25, -0.2) is 4.98 Å². The molecule has 0 amide bonds. The smallest absolute Gasteiger partial charge is 0.257 e. The van der Waals surface area contributed by atoms with E-state index in [1.165, 1.54) is 9.75 Å². The zero-order chi connectivity index (χ0) is 13.2. The van der Waals surface area contributed by atoms with Gasteiger partial charge in [-0.1, -0.05) is 6.92 Å². The molecule has 0 unspecified atom stereocenters. The summed E-state index contributed by atoms with van der Waals surface area (Å²) in [5.74, 6) is 0. The van der Waals surface area contributed by atoms with E-state index in [-0.39, 0.29) is 5.56 Å². The number of hydrogen-bond acceptors (Lipinski definition) is 4. The van der Waals surface area contributed by atoms with Crippen molar-refractivity contribution in [3.05, 3.63) is 49.8 Å². The second-order valence-electron chi connectivity index (χ2n) is 4.75. The van der Waals surface area contributed by atoms with Crippen molar-refractivity contribution < 1.29 is 0 Å². The van der Waals surface area contributed by atoms with E-state index in [4.69, 9.17) is 0 Å². The van der Waals surface area contributed by atoms with E-state index in [2.05, 4.69) is 29.4 Å². The minimum Gasteiger partial charge on any atom is -0.311 e. The lowest BCUT2D eigenvalue weighted by Crippen LogP contribution is -2.34. The number of rotatable bonds is 3. The van der Waals surface area contributed by atoms with Gasteiger partial charge in [0, 0.05) is 21.9 Å². The summed E-state index contributed by atoms with van der Waals surface area (Å²) < 4.78 is 1.73. The highest BCUT2D eigenvalue weighted by Crippen LogP contribution is 2.17. The van der Waals surface area contributed by atoms with Crippen molar-refractivity contribution in [1.29, 1.82) is 0 Å². The van der Waals surface area contributed by atoms with Gasteiger partial charge in [-0.2, -0.15) is 0 Å². The highest BCUT2D eigenvalue weighted by atomic mass is 32.1. The molecule has 0 fully saturated rings. The lowest BCUT2D eigenvalue weighted by molar-refractivity contribution is 0.597. The molecule has 0 aliphatic carbocycles. The van der Waals surface area contributed by atoms with Gasteiger partial charge >= 0.3 is 0 Å². The van der Waals surface area contributed by atoms with Crippen LogP contribution in [0.25, 0.3) is 0 Å². The molecule has 1 aliphatic heterocycles. The fraction of sp³-hybridized carbons (Fsp3) is 0.429. The fourth-order valence-electron chi connectivity index (χ4n) is 2.37. The summed E-state index contributed by atoms with van der Waals surface area (Å²) >= 11 is 1.77. The van der Waals surface area contributed by atoms with Gasteiger partial charge in [0.15, 0.2) is 0 Å². The summed E-state index contributed by atoms with van der Waals surface area (Å²) in [7, 11) is 0. The van der Waals surface area contributed by atoms with Crippen molar-refractivity contribution in [2.75, 3.05) is 6.54 Å². The summed E-state index contributed by atoms with van der Waals surface area (Å²) in [5.41, 5.74) is 1.92. The molecule has 1 aliphatic rings. The lowest BCUT2D eigenvalue weighted by Gasteiger charge is -2.16. The molecule has 0 bridgehead atoms. The standard InChI is InChI=1S/C14H17N3OS/c1-2-10-3-4-11(19-10)8-17-9-16-13-7-15-6-5-12(13)14(17)18/h3-4,9,15H,2,5-8H2,1H3. The zero-order valence-corrected chi connectivity index (χ0v) is 11.8. The quantitative estimate of drug-likeness (QED) is 0.925. The molecule has 3 rings (SSSR count). The topological polar surface area (TPSA) is 46.9 Å². The predicted octanol–water partition coefficient (Wildman–Crippen LogP) is 1.56. The van der Waals surface area contributed by atoms with E-state index in [0.29, 0.717) is 13.1 Å². The zero-order valence-electron chi connectivity index (χ0n) is 11.0. The Labute approximate surface area is 116 Å². The number of nitrogens with one attached hydrogen (secondary N) is 1. The maximum atomic E-state index is 12.4. The van der Waals surface area contributed by atoms with E-state index < -0.39 is 0 Å².